The third-order valence-corrected chi connectivity index (χ3v) is 6.80. The number of hydrogen-bond donors (Lipinski definition) is 2. The average molecular weight is 449 g/mol. The van der Waals surface area contributed by atoms with Crippen molar-refractivity contribution >= 4 is 22.8 Å². The van der Waals surface area contributed by atoms with Crippen LogP contribution >= 0.6 is 0 Å². The van der Waals surface area contributed by atoms with Crippen LogP contribution in [-0.2, 0) is 4.79 Å². The van der Waals surface area contributed by atoms with Crippen LogP contribution in [0.4, 0.5) is 5.82 Å². The number of benzene rings is 1. The summed E-state index contributed by atoms with van der Waals surface area (Å²) in [6.07, 6.45) is 4.23. The molecular formula is C25H32N6O2. The summed E-state index contributed by atoms with van der Waals surface area (Å²) in [6.45, 7) is 3.72. The maximum atomic E-state index is 12.7. The van der Waals surface area contributed by atoms with Crippen molar-refractivity contribution in [3.05, 3.63) is 48.2 Å². The van der Waals surface area contributed by atoms with Gasteiger partial charge in [-0.05, 0) is 70.1 Å². The number of pyridine rings is 1. The van der Waals surface area contributed by atoms with E-state index in [2.05, 4.69) is 39.6 Å². The van der Waals surface area contributed by atoms with E-state index in [1.165, 1.54) is 0 Å². The van der Waals surface area contributed by atoms with Crippen LogP contribution in [0.5, 0.6) is 5.75 Å². The maximum absolute atomic E-state index is 12.7. The number of H-pyrrole nitrogens is 1. The molecule has 0 bridgehead atoms. The second kappa shape index (κ2) is 9.79. The molecule has 8 heteroatoms. The lowest BCUT2D eigenvalue weighted by molar-refractivity contribution is -0.134. The largest absolute Gasteiger partial charge is 0.484 e. The van der Waals surface area contributed by atoms with Crippen LogP contribution in [0, 0.1) is 0 Å². The van der Waals surface area contributed by atoms with E-state index in [0.717, 1.165) is 73.6 Å². The highest BCUT2D eigenvalue weighted by atomic mass is 16.5. The molecule has 0 saturated carbocycles. The van der Waals surface area contributed by atoms with Crippen LogP contribution in [0.15, 0.2) is 42.5 Å². The normalized spacial score (nSPS) is 20.2. The third kappa shape index (κ3) is 5.11. The highest BCUT2D eigenvalue weighted by Crippen LogP contribution is 2.29. The Labute approximate surface area is 194 Å². The van der Waals surface area contributed by atoms with Crippen molar-refractivity contribution in [1.82, 2.24) is 25.0 Å². The highest BCUT2D eigenvalue weighted by Gasteiger charge is 2.26. The van der Waals surface area contributed by atoms with Crippen molar-refractivity contribution in [2.75, 3.05) is 45.2 Å². The quantitative estimate of drug-likeness (QED) is 0.602. The molecule has 8 nitrogen and oxygen atoms in total. The zero-order valence-corrected chi connectivity index (χ0v) is 19.2. The van der Waals surface area contributed by atoms with E-state index in [0.29, 0.717) is 12.6 Å². The number of para-hydroxylation sites is 1. The molecule has 1 amide bonds. The van der Waals surface area contributed by atoms with Gasteiger partial charge in [-0.2, -0.15) is 5.10 Å². The van der Waals surface area contributed by atoms with E-state index in [-0.39, 0.29) is 18.4 Å². The van der Waals surface area contributed by atoms with Gasteiger partial charge in [0.1, 0.15) is 5.75 Å². The van der Waals surface area contributed by atoms with Crippen LogP contribution in [0.2, 0.25) is 0 Å². The Morgan fingerprint density at radius 1 is 1.12 bits per heavy atom. The Bertz CT molecular complexity index is 1080. The Hall–Kier alpha value is -3.13. The van der Waals surface area contributed by atoms with E-state index >= 15 is 0 Å². The molecule has 2 aromatic heterocycles. The van der Waals surface area contributed by atoms with Crippen LogP contribution in [0.1, 0.15) is 37.3 Å². The first-order valence-corrected chi connectivity index (χ1v) is 11.9. The minimum Gasteiger partial charge on any atom is -0.484 e. The molecule has 33 heavy (non-hydrogen) atoms. The van der Waals surface area contributed by atoms with Gasteiger partial charge in [0.25, 0.3) is 5.91 Å². The van der Waals surface area contributed by atoms with E-state index < -0.39 is 0 Å². The van der Waals surface area contributed by atoms with Crippen molar-refractivity contribution in [2.24, 2.45) is 0 Å². The van der Waals surface area contributed by atoms with E-state index in [1.807, 2.05) is 35.2 Å². The lowest BCUT2D eigenvalue weighted by Crippen LogP contribution is -2.41. The monoisotopic (exact) mass is 448 g/mol. The van der Waals surface area contributed by atoms with Crippen molar-refractivity contribution < 1.29 is 9.53 Å². The summed E-state index contributed by atoms with van der Waals surface area (Å²) in [5.41, 5.74) is 1.82. The number of rotatable bonds is 6. The lowest BCUT2D eigenvalue weighted by atomic mass is 9.94. The number of nitrogens with zero attached hydrogens (tertiary/aromatic N) is 4. The summed E-state index contributed by atoms with van der Waals surface area (Å²) in [5.74, 6) is 1.85. The fraction of sp³-hybridized carbons (Fsp3) is 0.480. The SMILES string of the molecule is CN1CCC(Nc2n[nH]c3nc(C4CCCN(C(=O)COc5ccccc5)C4)ccc23)CC1. The second-order valence-electron chi connectivity index (χ2n) is 9.21. The Kier molecular flexibility index (Phi) is 6.44. The smallest absolute Gasteiger partial charge is 0.260 e. The number of nitrogens with one attached hydrogen (secondary N) is 2. The fourth-order valence-electron chi connectivity index (χ4n) is 4.80. The summed E-state index contributed by atoms with van der Waals surface area (Å²) in [7, 11) is 2.17. The first kappa shape index (κ1) is 21.7. The van der Waals surface area contributed by atoms with Gasteiger partial charge in [-0.25, -0.2) is 4.98 Å². The standard InChI is InChI=1S/C25H32N6O2/c1-30-14-11-19(12-15-30)26-24-21-9-10-22(27-25(21)29-28-24)18-6-5-13-31(16-18)23(32)17-33-20-7-3-2-4-8-20/h2-4,7-10,18-19H,5-6,11-17H2,1H3,(H2,26,27,28,29). The number of fused-ring (bicyclic) bond motifs is 1. The third-order valence-electron chi connectivity index (χ3n) is 6.80. The number of aromatic amines is 1. The highest BCUT2D eigenvalue weighted by molar-refractivity contribution is 5.87. The van der Waals surface area contributed by atoms with E-state index in [4.69, 9.17) is 9.72 Å². The van der Waals surface area contributed by atoms with Gasteiger partial charge in [-0.1, -0.05) is 18.2 Å². The fourth-order valence-corrected chi connectivity index (χ4v) is 4.80. The zero-order chi connectivity index (χ0) is 22.6. The van der Waals surface area contributed by atoms with Gasteiger partial charge in [0, 0.05) is 30.7 Å². The number of piperidine rings is 2. The Morgan fingerprint density at radius 3 is 2.76 bits per heavy atom. The molecular weight excluding hydrogens is 416 g/mol. The van der Waals surface area contributed by atoms with Crippen molar-refractivity contribution in [1.29, 1.82) is 0 Å². The van der Waals surface area contributed by atoms with E-state index in [1.54, 1.807) is 0 Å². The molecule has 1 aromatic carbocycles. The number of carbonyl (C=O) groups is 1. The average Bonchev–Trinajstić information content (AvgIpc) is 3.26. The van der Waals surface area contributed by atoms with Crippen molar-refractivity contribution in [3.63, 3.8) is 0 Å². The number of anilines is 1. The number of likely N-dealkylation sites (tertiary alicyclic amines) is 2. The molecule has 2 saturated heterocycles. The Balaban J connectivity index is 1.22. The Morgan fingerprint density at radius 2 is 1.94 bits per heavy atom. The number of carbonyl (C=O) groups excluding carboxylic acids is 1. The molecule has 0 spiro atoms. The van der Waals surface area contributed by atoms with Crippen LogP contribution in [0.3, 0.4) is 0 Å². The molecule has 1 atom stereocenters. The van der Waals surface area contributed by atoms with Gasteiger partial charge in [-0.3, -0.25) is 9.89 Å². The van der Waals surface area contributed by atoms with Gasteiger partial charge in [0.15, 0.2) is 18.1 Å². The first-order valence-electron chi connectivity index (χ1n) is 11.9. The van der Waals surface area contributed by atoms with Gasteiger partial charge in [0.05, 0.1) is 5.39 Å². The number of aromatic nitrogens is 3. The van der Waals surface area contributed by atoms with Crippen LogP contribution < -0.4 is 10.1 Å². The van der Waals surface area contributed by atoms with Gasteiger partial charge < -0.3 is 19.9 Å². The first-order chi connectivity index (χ1) is 16.2. The number of hydrogen-bond acceptors (Lipinski definition) is 6. The minimum absolute atomic E-state index is 0.0239. The molecule has 2 N–H and O–H groups in total. The summed E-state index contributed by atoms with van der Waals surface area (Å²) in [6, 6.07) is 14.1. The number of amides is 1. The van der Waals surface area contributed by atoms with Gasteiger partial charge in [0.2, 0.25) is 0 Å². The van der Waals surface area contributed by atoms with Gasteiger partial charge >= 0.3 is 0 Å². The predicted molar refractivity (Wildman–Crippen MR) is 129 cm³/mol. The molecule has 2 fully saturated rings. The summed E-state index contributed by atoms with van der Waals surface area (Å²) < 4.78 is 5.66. The van der Waals surface area contributed by atoms with Gasteiger partial charge in [-0.15, -0.1) is 0 Å². The molecule has 3 aromatic rings. The van der Waals surface area contributed by atoms with Crippen molar-refractivity contribution in [3.8, 4) is 5.75 Å². The van der Waals surface area contributed by atoms with Crippen LogP contribution in [-0.4, -0.2) is 76.8 Å². The topological polar surface area (TPSA) is 86.4 Å². The summed E-state index contributed by atoms with van der Waals surface area (Å²) in [5, 5.41) is 12.2. The molecule has 2 aliphatic rings. The maximum Gasteiger partial charge on any atom is 0.260 e. The summed E-state index contributed by atoms with van der Waals surface area (Å²) in [4.78, 5) is 21.9. The minimum atomic E-state index is 0.0239. The zero-order valence-electron chi connectivity index (χ0n) is 19.2. The molecule has 0 aliphatic carbocycles. The predicted octanol–water partition coefficient (Wildman–Crippen LogP) is 3.25. The molecule has 174 valence electrons. The summed E-state index contributed by atoms with van der Waals surface area (Å²) >= 11 is 0. The molecule has 2 aliphatic heterocycles. The molecule has 4 heterocycles. The van der Waals surface area contributed by atoms with Crippen molar-refractivity contribution in [2.45, 2.75) is 37.6 Å². The molecule has 0 radical (unpaired) electrons. The lowest BCUT2D eigenvalue weighted by Gasteiger charge is -2.32. The van der Waals surface area contributed by atoms with Crippen LogP contribution in [0.25, 0.3) is 11.0 Å². The molecule has 5 rings (SSSR count). The number of ether oxygens (including phenoxy) is 1. The second-order valence-corrected chi connectivity index (χ2v) is 9.21. The molecule has 1 unspecified atom stereocenters. The van der Waals surface area contributed by atoms with E-state index in [9.17, 15) is 4.79 Å².